The number of anilines is 2. The van der Waals surface area contributed by atoms with E-state index in [2.05, 4.69) is 37.2 Å². The SMILES string of the molecule is Nc1cc(Br)cc(Br)c1NC(=O)c1cc2sccc2s1. The highest BCUT2D eigenvalue weighted by molar-refractivity contribution is 9.11. The summed E-state index contributed by atoms with van der Waals surface area (Å²) in [6, 6.07) is 7.53. The van der Waals surface area contributed by atoms with Crippen molar-refractivity contribution in [3.8, 4) is 0 Å². The molecule has 3 nitrogen and oxygen atoms in total. The number of thiophene rings is 2. The molecule has 3 N–H and O–H groups in total. The maximum atomic E-state index is 12.3. The van der Waals surface area contributed by atoms with Gasteiger partial charge in [0.15, 0.2) is 0 Å². The maximum absolute atomic E-state index is 12.3. The van der Waals surface area contributed by atoms with Crippen molar-refractivity contribution in [3.05, 3.63) is 43.5 Å². The van der Waals surface area contributed by atoms with Crippen molar-refractivity contribution in [2.24, 2.45) is 0 Å². The van der Waals surface area contributed by atoms with Crippen LogP contribution in [0.15, 0.2) is 38.6 Å². The van der Waals surface area contributed by atoms with Gasteiger partial charge in [0.2, 0.25) is 0 Å². The second-order valence-corrected chi connectivity index (χ2v) is 7.87. The van der Waals surface area contributed by atoms with Gasteiger partial charge in [0, 0.05) is 18.3 Å². The molecule has 0 saturated heterocycles. The summed E-state index contributed by atoms with van der Waals surface area (Å²) >= 11 is 9.87. The first-order valence-corrected chi connectivity index (χ1v) is 8.86. The van der Waals surface area contributed by atoms with E-state index in [1.807, 2.05) is 23.6 Å². The number of halogens is 2. The van der Waals surface area contributed by atoms with Crippen LogP contribution in [-0.2, 0) is 0 Å². The number of fused-ring (bicyclic) bond motifs is 1. The zero-order valence-corrected chi connectivity index (χ0v) is 14.7. The molecule has 102 valence electrons. The number of amides is 1. The molecule has 0 unspecified atom stereocenters. The zero-order valence-electron chi connectivity index (χ0n) is 9.94. The number of nitrogen functional groups attached to an aromatic ring is 1. The Morgan fingerprint density at radius 2 is 2.00 bits per heavy atom. The van der Waals surface area contributed by atoms with E-state index in [1.165, 1.54) is 11.3 Å². The molecular weight excluding hydrogens is 424 g/mol. The molecule has 2 heterocycles. The summed E-state index contributed by atoms with van der Waals surface area (Å²) in [5.41, 5.74) is 7.04. The second-order valence-electron chi connectivity index (χ2n) is 4.07. The van der Waals surface area contributed by atoms with E-state index in [9.17, 15) is 4.79 Å². The van der Waals surface area contributed by atoms with Gasteiger partial charge < -0.3 is 11.1 Å². The fourth-order valence-corrected chi connectivity index (χ4v) is 5.14. The van der Waals surface area contributed by atoms with Crippen LogP contribution in [0, 0.1) is 0 Å². The average molecular weight is 432 g/mol. The lowest BCUT2D eigenvalue weighted by Gasteiger charge is -2.10. The lowest BCUT2D eigenvalue weighted by atomic mass is 10.2. The lowest BCUT2D eigenvalue weighted by Crippen LogP contribution is -2.12. The number of nitrogens with two attached hydrogens (primary N) is 1. The van der Waals surface area contributed by atoms with Gasteiger partial charge in [0.25, 0.3) is 5.91 Å². The van der Waals surface area contributed by atoms with E-state index in [0.717, 1.165) is 18.3 Å². The van der Waals surface area contributed by atoms with Crippen LogP contribution < -0.4 is 11.1 Å². The van der Waals surface area contributed by atoms with Gasteiger partial charge in [-0.25, -0.2) is 0 Å². The normalized spacial score (nSPS) is 10.9. The Bertz CT molecular complexity index is 758. The third-order valence-corrected chi connectivity index (χ3v) is 5.86. The summed E-state index contributed by atoms with van der Waals surface area (Å²) in [4.78, 5) is 13.0. The lowest BCUT2D eigenvalue weighted by molar-refractivity contribution is 0.103. The van der Waals surface area contributed by atoms with Gasteiger partial charge in [-0.2, -0.15) is 0 Å². The van der Waals surface area contributed by atoms with Gasteiger partial charge >= 0.3 is 0 Å². The average Bonchev–Trinajstić information content (AvgIpc) is 2.93. The first kappa shape index (κ1) is 14.1. The molecule has 1 amide bonds. The summed E-state index contributed by atoms with van der Waals surface area (Å²) in [7, 11) is 0. The van der Waals surface area contributed by atoms with E-state index in [0.29, 0.717) is 16.3 Å². The minimum Gasteiger partial charge on any atom is -0.397 e. The van der Waals surface area contributed by atoms with Crippen LogP contribution >= 0.6 is 54.5 Å². The van der Waals surface area contributed by atoms with Crippen LogP contribution in [0.5, 0.6) is 0 Å². The van der Waals surface area contributed by atoms with Crippen molar-refractivity contribution in [2.75, 3.05) is 11.1 Å². The van der Waals surface area contributed by atoms with Crippen molar-refractivity contribution in [1.29, 1.82) is 0 Å². The molecule has 0 aliphatic carbocycles. The summed E-state index contributed by atoms with van der Waals surface area (Å²) in [6.45, 7) is 0. The molecule has 3 rings (SSSR count). The molecule has 0 spiro atoms. The molecule has 20 heavy (non-hydrogen) atoms. The van der Waals surface area contributed by atoms with Gasteiger partial charge in [-0.05, 0) is 45.6 Å². The number of carbonyl (C=O) groups excluding carboxylic acids is 1. The van der Waals surface area contributed by atoms with Crippen molar-refractivity contribution in [1.82, 2.24) is 0 Å². The number of hydrogen-bond donors (Lipinski definition) is 2. The topological polar surface area (TPSA) is 55.1 Å². The first-order chi connectivity index (χ1) is 9.54. The molecule has 0 fully saturated rings. The van der Waals surface area contributed by atoms with Crippen LogP contribution in [0.2, 0.25) is 0 Å². The summed E-state index contributed by atoms with van der Waals surface area (Å²) < 4.78 is 3.86. The van der Waals surface area contributed by atoms with Crippen LogP contribution in [0.4, 0.5) is 11.4 Å². The summed E-state index contributed by atoms with van der Waals surface area (Å²) in [6.07, 6.45) is 0. The minimum atomic E-state index is -0.145. The van der Waals surface area contributed by atoms with E-state index in [4.69, 9.17) is 5.73 Å². The van der Waals surface area contributed by atoms with Gasteiger partial charge in [-0.15, -0.1) is 22.7 Å². The quantitative estimate of drug-likeness (QED) is 0.539. The monoisotopic (exact) mass is 430 g/mol. The van der Waals surface area contributed by atoms with Crippen LogP contribution in [-0.4, -0.2) is 5.91 Å². The number of hydrogen-bond acceptors (Lipinski definition) is 4. The Morgan fingerprint density at radius 3 is 2.70 bits per heavy atom. The number of benzene rings is 1. The molecule has 0 aliphatic rings. The van der Waals surface area contributed by atoms with Crippen molar-refractivity contribution < 1.29 is 4.79 Å². The zero-order chi connectivity index (χ0) is 14.3. The van der Waals surface area contributed by atoms with Crippen LogP contribution in [0.3, 0.4) is 0 Å². The largest absolute Gasteiger partial charge is 0.397 e. The van der Waals surface area contributed by atoms with Gasteiger partial charge in [0.05, 0.1) is 16.3 Å². The predicted molar refractivity (Wildman–Crippen MR) is 93.9 cm³/mol. The molecule has 0 radical (unpaired) electrons. The van der Waals surface area contributed by atoms with Crippen molar-refractivity contribution in [3.63, 3.8) is 0 Å². The summed E-state index contributed by atoms with van der Waals surface area (Å²) in [5, 5.41) is 4.88. The molecule has 7 heteroatoms. The highest BCUT2D eigenvalue weighted by Crippen LogP contribution is 2.34. The highest BCUT2D eigenvalue weighted by atomic mass is 79.9. The Balaban J connectivity index is 1.91. The summed E-state index contributed by atoms with van der Waals surface area (Å²) in [5.74, 6) is -0.145. The Kier molecular flexibility index (Phi) is 3.85. The molecule has 0 aliphatic heterocycles. The smallest absolute Gasteiger partial charge is 0.265 e. The fraction of sp³-hybridized carbons (Fsp3) is 0. The van der Waals surface area contributed by atoms with E-state index >= 15 is 0 Å². The molecule has 0 saturated carbocycles. The predicted octanol–water partition coefficient (Wildman–Crippen LogP) is 5.32. The van der Waals surface area contributed by atoms with E-state index < -0.39 is 0 Å². The third kappa shape index (κ3) is 2.63. The number of nitrogens with one attached hydrogen (secondary N) is 1. The van der Waals surface area contributed by atoms with E-state index in [1.54, 1.807) is 17.4 Å². The van der Waals surface area contributed by atoms with Crippen LogP contribution in [0.25, 0.3) is 9.40 Å². The number of carbonyl (C=O) groups is 1. The van der Waals surface area contributed by atoms with Crippen molar-refractivity contribution >= 4 is 81.2 Å². The van der Waals surface area contributed by atoms with Crippen molar-refractivity contribution in [2.45, 2.75) is 0 Å². The first-order valence-electron chi connectivity index (χ1n) is 5.57. The van der Waals surface area contributed by atoms with Crippen LogP contribution in [0.1, 0.15) is 9.67 Å². The Morgan fingerprint density at radius 1 is 1.20 bits per heavy atom. The van der Waals surface area contributed by atoms with Gasteiger partial charge in [-0.3, -0.25) is 4.79 Å². The van der Waals surface area contributed by atoms with Gasteiger partial charge in [-0.1, -0.05) is 15.9 Å². The molecular formula is C13H8Br2N2OS2. The molecule has 0 bridgehead atoms. The fourth-order valence-electron chi connectivity index (χ4n) is 1.78. The molecule has 1 aromatic carbocycles. The Hall–Kier alpha value is -0.890. The van der Waals surface area contributed by atoms with E-state index in [-0.39, 0.29) is 5.91 Å². The second kappa shape index (κ2) is 5.48. The number of rotatable bonds is 2. The molecule has 3 aromatic rings. The molecule has 2 aromatic heterocycles. The Labute approximate surface area is 140 Å². The standard InChI is InChI=1S/C13H8Br2N2OS2/c14-6-3-7(15)12(8(16)4-6)17-13(18)11-5-10-9(20-11)1-2-19-10/h1-5H,16H2,(H,17,18). The minimum absolute atomic E-state index is 0.145. The molecule has 0 atom stereocenters. The highest BCUT2D eigenvalue weighted by Gasteiger charge is 2.14. The third-order valence-electron chi connectivity index (χ3n) is 2.69. The van der Waals surface area contributed by atoms with Gasteiger partial charge in [0.1, 0.15) is 0 Å². The maximum Gasteiger partial charge on any atom is 0.265 e.